The summed E-state index contributed by atoms with van der Waals surface area (Å²) in [5.41, 5.74) is 3.29. The van der Waals surface area contributed by atoms with Crippen molar-refractivity contribution in [3.8, 4) is 11.5 Å². The maximum Gasteiger partial charge on any atom is 0.308 e. The molecule has 1 atom stereocenters. The molecule has 1 aliphatic heterocycles. The standard InChI is InChI=1S/C30H29NO6/c1-17(2)36-24-10-7-9-22(16-24)28(33)26-27(21-8-6-11-25(15-21)37-20(5)32)31(30(35)29(26)34)23-13-12-18(3)19(4)14-23/h6-17,27,33H,1-5H3/b28-26+. The Hall–Kier alpha value is -4.39. The van der Waals surface area contributed by atoms with Gasteiger partial charge < -0.3 is 14.6 Å². The molecule has 7 nitrogen and oxygen atoms in total. The first-order valence-electron chi connectivity index (χ1n) is 12.0. The van der Waals surface area contributed by atoms with E-state index in [1.165, 1.54) is 11.8 Å². The van der Waals surface area contributed by atoms with Crippen LogP contribution in [0.25, 0.3) is 5.76 Å². The summed E-state index contributed by atoms with van der Waals surface area (Å²) in [7, 11) is 0. The van der Waals surface area contributed by atoms with Crippen LogP contribution in [0.3, 0.4) is 0 Å². The molecule has 1 fully saturated rings. The molecule has 190 valence electrons. The fourth-order valence-corrected chi connectivity index (χ4v) is 4.35. The highest BCUT2D eigenvalue weighted by Gasteiger charge is 2.47. The van der Waals surface area contributed by atoms with Crippen LogP contribution in [-0.2, 0) is 14.4 Å². The minimum absolute atomic E-state index is 0.0649. The predicted octanol–water partition coefficient (Wildman–Crippen LogP) is 5.64. The summed E-state index contributed by atoms with van der Waals surface area (Å²) in [5, 5.41) is 11.4. The van der Waals surface area contributed by atoms with Crippen LogP contribution in [0.2, 0.25) is 0 Å². The van der Waals surface area contributed by atoms with Crippen molar-refractivity contribution in [3.05, 3.63) is 94.6 Å². The molecule has 1 amide bonds. The van der Waals surface area contributed by atoms with E-state index in [0.29, 0.717) is 22.6 Å². The van der Waals surface area contributed by atoms with Crippen molar-refractivity contribution >= 4 is 29.1 Å². The van der Waals surface area contributed by atoms with Crippen molar-refractivity contribution in [3.63, 3.8) is 0 Å². The Morgan fingerprint density at radius 2 is 1.62 bits per heavy atom. The van der Waals surface area contributed by atoms with Crippen LogP contribution in [0.4, 0.5) is 5.69 Å². The van der Waals surface area contributed by atoms with Crippen molar-refractivity contribution in [2.75, 3.05) is 4.90 Å². The maximum atomic E-state index is 13.4. The number of Topliss-reactive ketones (excluding diaryl/α,β-unsaturated/α-hetero) is 1. The Labute approximate surface area is 215 Å². The van der Waals surface area contributed by atoms with Gasteiger partial charge in [-0.3, -0.25) is 19.3 Å². The lowest BCUT2D eigenvalue weighted by Crippen LogP contribution is -2.29. The molecule has 3 aromatic carbocycles. The van der Waals surface area contributed by atoms with Gasteiger partial charge in [-0.2, -0.15) is 0 Å². The van der Waals surface area contributed by atoms with E-state index in [0.717, 1.165) is 11.1 Å². The summed E-state index contributed by atoms with van der Waals surface area (Å²) in [5.74, 6) is -1.60. The number of hydrogen-bond acceptors (Lipinski definition) is 6. The van der Waals surface area contributed by atoms with Gasteiger partial charge in [0.15, 0.2) is 0 Å². The minimum Gasteiger partial charge on any atom is -0.507 e. The number of esters is 1. The summed E-state index contributed by atoms with van der Waals surface area (Å²) in [4.78, 5) is 39.8. The van der Waals surface area contributed by atoms with E-state index >= 15 is 0 Å². The van der Waals surface area contributed by atoms with E-state index in [1.54, 1.807) is 54.6 Å². The molecule has 1 saturated heterocycles. The van der Waals surface area contributed by atoms with Crippen LogP contribution in [0.1, 0.15) is 49.1 Å². The molecule has 0 aliphatic carbocycles. The number of nitrogens with zero attached hydrogens (tertiary/aromatic N) is 1. The Balaban J connectivity index is 1.93. The zero-order chi connectivity index (χ0) is 26.9. The number of carbonyl (C=O) groups excluding carboxylic acids is 3. The second kappa shape index (κ2) is 10.3. The van der Waals surface area contributed by atoms with Gasteiger partial charge in [-0.05, 0) is 80.8 Å². The summed E-state index contributed by atoms with van der Waals surface area (Å²) in [6.07, 6.45) is -0.0863. The van der Waals surface area contributed by atoms with Gasteiger partial charge in [0.05, 0.1) is 17.7 Å². The smallest absolute Gasteiger partial charge is 0.308 e. The fraction of sp³-hybridized carbons (Fsp3) is 0.233. The number of anilines is 1. The van der Waals surface area contributed by atoms with Gasteiger partial charge in [0.2, 0.25) is 0 Å². The zero-order valence-electron chi connectivity index (χ0n) is 21.4. The van der Waals surface area contributed by atoms with Gasteiger partial charge in [-0.1, -0.05) is 30.3 Å². The summed E-state index contributed by atoms with van der Waals surface area (Å²) in [6, 6.07) is 17.9. The van der Waals surface area contributed by atoms with Crippen molar-refractivity contribution in [2.45, 2.75) is 46.8 Å². The van der Waals surface area contributed by atoms with Crippen LogP contribution in [-0.4, -0.2) is 28.9 Å². The normalized spacial score (nSPS) is 16.8. The number of benzene rings is 3. The third-order valence-electron chi connectivity index (χ3n) is 6.13. The Kier molecular flexibility index (Phi) is 7.16. The topological polar surface area (TPSA) is 93.1 Å². The molecule has 0 spiro atoms. The third kappa shape index (κ3) is 5.26. The molecule has 0 saturated carbocycles. The molecule has 1 aliphatic rings. The molecule has 7 heteroatoms. The van der Waals surface area contributed by atoms with Gasteiger partial charge >= 0.3 is 5.97 Å². The third-order valence-corrected chi connectivity index (χ3v) is 6.13. The largest absolute Gasteiger partial charge is 0.507 e. The van der Waals surface area contributed by atoms with Crippen LogP contribution in [0.5, 0.6) is 11.5 Å². The molecule has 0 bridgehead atoms. The highest BCUT2D eigenvalue weighted by molar-refractivity contribution is 6.51. The molecular weight excluding hydrogens is 470 g/mol. The average molecular weight is 500 g/mol. The van der Waals surface area contributed by atoms with Gasteiger partial charge in [0, 0.05) is 18.2 Å². The highest BCUT2D eigenvalue weighted by Crippen LogP contribution is 2.43. The Morgan fingerprint density at radius 1 is 0.919 bits per heavy atom. The minimum atomic E-state index is -0.952. The quantitative estimate of drug-likeness (QED) is 0.155. The van der Waals surface area contributed by atoms with Crippen molar-refractivity contribution in [1.29, 1.82) is 0 Å². The Bertz CT molecular complexity index is 1420. The first-order chi connectivity index (χ1) is 17.6. The monoisotopic (exact) mass is 499 g/mol. The van der Waals surface area contributed by atoms with E-state index in [1.807, 2.05) is 39.8 Å². The van der Waals surface area contributed by atoms with Gasteiger partial charge in [-0.15, -0.1) is 0 Å². The lowest BCUT2D eigenvalue weighted by molar-refractivity contribution is -0.132. The summed E-state index contributed by atoms with van der Waals surface area (Å²) < 4.78 is 11.0. The van der Waals surface area contributed by atoms with Gasteiger partial charge in [0.1, 0.15) is 17.3 Å². The number of aliphatic hydroxyl groups excluding tert-OH is 1. The number of aliphatic hydroxyl groups is 1. The zero-order valence-corrected chi connectivity index (χ0v) is 21.4. The molecule has 1 N–H and O–H groups in total. The number of ketones is 1. The van der Waals surface area contributed by atoms with Crippen molar-refractivity contribution in [1.82, 2.24) is 0 Å². The fourth-order valence-electron chi connectivity index (χ4n) is 4.35. The van der Waals surface area contributed by atoms with E-state index in [-0.39, 0.29) is 23.2 Å². The molecule has 1 heterocycles. The molecule has 4 rings (SSSR count). The number of rotatable bonds is 6. The lowest BCUT2D eigenvalue weighted by Gasteiger charge is -2.26. The molecular formula is C30H29NO6. The molecule has 0 radical (unpaired) electrons. The molecule has 0 aromatic heterocycles. The van der Waals surface area contributed by atoms with E-state index < -0.39 is 23.7 Å². The number of hydrogen-bond donors (Lipinski definition) is 1. The number of ether oxygens (including phenoxy) is 2. The van der Waals surface area contributed by atoms with Crippen LogP contribution >= 0.6 is 0 Å². The van der Waals surface area contributed by atoms with Crippen LogP contribution in [0, 0.1) is 13.8 Å². The van der Waals surface area contributed by atoms with Crippen molar-refractivity contribution in [2.24, 2.45) is 0 Å². The first-order valence-corrected chi connectivity index (χ1v) is 12.0. The van der Waals surface area contributed by atoms with Crippen LogP contribution in [0.15, 0.2) is 72.3 Å². The lowest BCUT2D eigenvalue weighted by atomic mass is 9.94. The predicted molar refractivity (Wildman–Crippen MR) is 141 cm³/mol. The Morgan fingerprint density at radius 3 is 2.30 bits per heavy atom. The van der Waals surface area contributed by atoms with Crippen molar-refractivity contribution < 1.29 is 29.0 Å². The average Bonchev–Trinajstić information content (AvgIpc) is 3.10. The second-order valence-electron chi connectivity index (χ2n) is 9.30. The van der Waals surface area contributed by atoms with E-state index in [9.17, 15) is 19.5 Å². The highest BCUT2D eigenvalue weighted by atomic mass is 16.5. The van der Waals surface area contributed by atoms with Gasteiger partial charge in [-0.25, -0.2) is 0 Å². The molecule has 37 heavy (non-hydrogen) atoms. The first kappa shape index (κ1) is 25.7. The number of aryl methyl sites for hydroxylation is 2. The summed E-state index contributed by atoms with van der Waals surface area (Å²) >= 11 is 0. The molecule has 3 aromatic rings. The van der Waals surface area contributed by atoms with Crippen LogP contribution < -0.4 is 14.4 Å². The van der Waals surface area contributed by atoms with E-state index in [4.69, 9.17) is 9.47 Å². The summed E-state index contributed by atoms with van der Waals surface area (Å²) in [6.45, 7) is 8.95. The maximum absolute atomic E-state index is 13.4. The number of amides is 1. The SMILES string of the molecule is CC(=O)Oc1cccc(C2/C(=C(\O)c3cccc(OC(C)C)c3)C(=O)C(=O)N2c2ccc(C)c(C)c2)c1. The molecule has 1 unspecified atom stereocenters. The van der Waals surface area contributed by atoms with Gasteiger partial charge in [0.25, 0.3) is 11.7 Å². The second-order valence-corrected chi connectivity index (χ2v) is 9.30. The number of carbonyl (C=O) groups is 3. The van der Waals surface area contributed by atoms with E-state index in [2.05, 4.69) is 0 Å².